The summed E-state index contributed by atoms with van der Waals surface area (Å²) in [6, 6.07) is 5.76. The van der Waals surface area contributed by atoms with Gasteiger partial charge in [0.15, 0.2) is 0 Å². The second-order valence-corrected chi connectivity index (χ2v) is 6.61. The standard InChI is InChI=1S/C13H13BrFN3O2S/c1-2-17-11-6-7-16-8-12(11)21(19,20)18-13-9(14)4-3-5-10(13)15/h3-8,18H,2H2,1H3,(H,16,17). The summed E-state index contributed by atoms with van der Waals surface area (Å²) in [7, 11) is -3.96. The molecule has 2 rings (SSSR count). The number of rotatable bonds is 5. The highest BCUT2D eigenvalue weighted by Crippen LogP contribution is 2.29. The number of nitrogens with one attached hydrogen (secondary N) is 2. The molecule has 0 saturated heterocycles. The minimum atomic E-state index is -3.96. The van der Waals surface area contributed by atoms with Crippen molar-refractivity contribution < 1.29 is 12.8 Å². The van der Waals surface area contributed by atoms with Crippen LogP contribution in [-0.4, -0.2) is 19.9 Å². The fourth-order valence-corrected chi connectivity index (χ4v) is 3.50. The maximum atomic E-state index is 13.8. The van der Waals surface area contributed by atoms with Crippen molar-refractivity contribution in [1.29, 1.82) is 0 Å². The quantitative estimate of drug-likeness (QED) is 0.843. The predicted octanol–water partition coefficient (Wildman–Crippen LogP) is 3.22. The fraction of sp³-hybridized carbons (Fsp3) is 0.154. The van der Waals surface area contributed by atoms with Crippen LogP contribution >= 0.6 is 15.9 Å². The van der Waals surface area contributed by atoms with Crippen LogP contribution in [-0.2, 0) is 10.0 Å². The normalized spacial score (nSPS) is 11.2. The maximum Gasteiger partial charge on any atom is 0.265 e. The van der Waals surface area contributed by atoms with Crippen LogP contribution in [0.1, 0.15) is 6.92 Å². The number of sulfonamides is 1. The topological polar surface area (TPSA) is 71.1 Å². The van der Waals surface area contributed by atoms with E-state index in [2.05, 4.69) is 31.0 Å². The number of hydrogen-bond acceptors (Lipinski definition) is 4. The van der Waals surface area contributed by atoms with Gasteiger partial charge in [-0.25, -0.2) is 12.8 Å². The Balaban J connectivity index is 2.44. The highest BCUT2D eigenvalue weighted by atomic mass is 79.9. The summed E-state index contributed by atoms with van der Waals surface area (Å²) in [5.41, 5.74) is 0.274. The fourth-order valence-electron chi connectivity index (χ4n) is 1.72. The number of pyridine rings is 1. The Labute approximate surface area is 130 Å². The maximum absolute atomic E-state index is 13.8. The van der Waals surface area contributed by atoms with E-state index in [0.29, 0.717) is 16.7 Å². The number of para-hydroxylation sites is 1. The van der Waals surface area contributed by atoms with Crippen molar-refractivity contribution in [3.8, 4) is 0 Å². The van der Waals surface area contributed by atoms with Gasteiger partial charge in [-0.05, 0) is 41.1 Å². The molecule has 0 aliphatic heterocycles. The molecular formula is C13H13BrFN3O2S. The number of hydrogen-bond donors (Lipinski definition) is 2. The van der Waals surface area contributed by atoms with Crippen molar-refractivity contribution in [3.05, 3.63) is 46.9 Å². The third-order valence-corrected chi connectivity index (χ3v) is 4.68. The summed E-state index contributed by atoms with van der Waals surface area (Å²) < 4.78 is 41.2. The molecular weight excluding hydrogens is 361 g/mol. The zero-order valence-electron chi connectivity index (χ0n) is 11.1. The van der Waals surface area contributed by atoms with E-state index >= 15 is 0 Å². The van der Waals surface area contributed by atoms with Crippen LogP contribution in [0.15, 0.2) is 46.0 Å². The summed E-state index contributed by atoms with van der Waals surface area (Å²) in [6.07, 6.45) is 2.70. The molecule has 21 heavy (non-hydrogen) atoms. The third kappa shape index (κ3) is 3.51. The van der Waals surface area contributed by atoms with Crippen LogP contribution in [0, 0.1) is 5.82 Å². The lowest BCUT2D eigenvalue weighted by Crippen LogP contribution is -2.17. The summed E-state index contributed by atoms with van der Waals surface area (Å²) >= 11 is 3.12. The van der Waals surface area contributed by atoms with Gasteiger partial charge in [-0.15, -0.1) is 0 Å². The van der Waals surface area contributed by atoms with Crippen LogP contribution in [0.4, 0.5) is 15.8 Å². The van der Waals surface area contributed by atoms with Gasteiger partial charge in [-0.2, -0.15) is 0 Å². The Bertz CT molecular complexity index is 733. The Kier molecular flexibility index (Phi) is 4.79. The molecule has 0 aliphatic carbocycles. The van der Waals surface area contributed by atoms with E-state index in [1.165, 1.54) is 24.5 Å². The summed E-state index contributed by atoms with van der Waals surface area (Å²) in [4.78, 5) is 3.78. The van der Waals surface area contributed by atoms with Gasteiger partial charge >= 0.3 is 0 Å². The lowest BCUT2D eigenvalue weighted by atomic mass is 10.3. The van der Waals surface area contributed by atoms with E-state index < -0.39 is 15.8 Å². The first-order chi connectivity index (χ1) is 9.95. The van der Waals surface area contributed by atoms with Crippen LogP contribution in [0.2, 0.25) is 0 Å². The molecule has 0 bridgehead atoms. The average molecular weight is 374 g/mol. The zero-order valence-corrected chi connectivity index (χ0v) is 13.5. The molecule has 0 atom stereocenters. The highest BCUT2D eigenvalue weighted by molar-refractivity contribution is 9.10. The highest BCUT2D eigenvalue weighted by Gasteiger charge is 2.21. The first-order valence-electron chi connectivity index (χ1n) is 6.10. The molecule has 2 N–H and O–H groups in total. The van der Waals surface area contributed by atoms with Gasteiger partial charge in [0.2, 0.25) is 0 Å². The number of aromatic nitrogens is 1. The molecule has 1 heterocycles. The lowest BCUT2D eigenvalue weighted by molar-refractivity contribution is 0.598. The monoisotopic (exact) mass is 373 g/mol. The van der Waals surface area contributed by atoms with Gasteiger partial charge in [0.1, 0.15) is 10.7 Å². The Morgan fingerprint density at radius 1 is 1.33 bits per heavy atom. The predicted molar refractivity (Wildman–Crippen MR) is 83.3 cm³/mol. The minimum Gasteiger partial charge on any atom is -0.384 e. The number of anilines is 2. The second-order valence-electron chi connectivity index (χ2n) is 4.10. The molecule has 112 valence electrons. The van der Waals surface area contributed by atoms with Crippen LogP contribution in [0.5, 0.6) is 0 Å². The molecule has 0 saturated carbocycles. The van der Waals surface area contributed by atoms with E-state index in [0.717, 1.165) is 0 Å². The average Bonchev–Trinajstić information content (AvgIpc) is 2.44. The smallest absolute Gasteiger partial charge is 0.265 e. The molecule has 0 radical (unpaired) electrons. The molecule has 5 nitrogen and oxygen atoms in total. The van der Waals surface area contributed by atoms with Gasteiger partial charge in [-0.1, -0.05) is 6.07 Å². The third-order valence-electron chi connectivity index (χ3n) is 2.64. The van der Waals surface area contributed by atoms with Crippen molar-refractivity contribution in [2.75, 3.05) is 16.6 Å². The molecule has 0 unspecified atom stereocenters. The largest absolute Gasteiger partial charge is 0.384 e. The Hall–Kier alpha value is -1.67. The van der Waals surface area contributed by atoms with E-state index in [4.69, 9.17) is 0 Å². The molecule has 0 aliphatic rings. The van der Waals surface area contributed by atoms with E-state index in [-0.39, 0.29) is 10.6 Å². The van der Waals surface area contributed by atoms with E-state index in [1.54, 1.807) is 12.1 Å². The number of halogens is 2. The van der Waals surface area contributed by atoms with Crippen LogP contribution in [0.25, 0.3) is 0 Å². The van der Waals surface area contributed by atoms with Crippen molar-refractivity contribution >= 4 is 37.3 Å². The Morgan fingerprint density at radius 2 is 2.10 bits per heavy atom. The number of benzene rings is 1. The van der Waals surface area contributed by atoms with Gasteiger partial charge in [-0.3, -0.25) is 9.71 Å². The van der Waals surface area contributed by atoms with Gasteiger partial charge in [0, 0.05) is 23.4 Å². The van der Waals surface area contributed by atoms with Crippen molar-refractivity contribution in [2.45, 2.75) is 11.8 Å². The second kappa shape index (κ2) is 6.40. The Morgan fingerprint density at radius 3 is 2.76 bits per heavy atom. The van der Waals surface area contributed by atoms with Crippen molar-refractivity contribution in [1.82, 2.24) is 4.98 Å². The zero-order chi connectivity index (χ0) is 15.5. The van der Waals surface area contributed by atoms with Gasteiger partial charge in [0.25, 0.3) is 10.0 Å². The van der Waals surface area contributed by atoms with Crippen LogP contribution in [0.3, 0.4) is 0 Å². The SMILES string of the molecule is CCNc1ccncc1S(=O)(=O)Nc1c(F)cccc1Br. The minimum absolute atomic E-state index is 0.0398. The summed E-state index contributed by atoms with van der Waals surface area (Å²) in [5, 5.41) is 2.93. The van der Waals surface area contributed by atoms with Crippen molar-refractivity contribution in [3.63, 3.8) is 0 Å². The summed E-state index contributed by atoms with van der Waals surface area (Å²) in [6.45, 7) is 2.40. The van der Waals surface area contributed by atoms with Gasteiger partial charge in [0.05, 0.1) is 11.4 Å². The van der Waals surface area contributed by atoms with Crippen LogP contribution < -0.4 is 10.0 Å². The first-order valence-corrected chi connectivity index (χ1v) is 8.38. The molecule has 8 heteroatoms. The lowest BCUT2D eigenvalue weighted by Gasteiger charge is -2.13. The molecule has 0 spiro atoms. The molecule has 1 aromatic heterocycles. The first kappa shape index (κ1) is 15.7. The molecule has 0 fully saturated rings. The van der Waals surface area contributed by atoms with E-state index in [1.807, 2.05) is 6.92 Å². The van der Waals surface area contributed by atoms with Gasteiger partial charge < -0.3 is 5.32 Å². The number of nitrogens with zero attached hydrogens (tertiary/aromatic N) is 1. The van der Waals surface area contributed by atoms with Crippen molar-refractivity contribution in [2.24, 2.45) is 0 Å². The van der Waals surface area contributed by atoms with E-state index in [9.17, 15) is 12.8 Å². The molecule has 0 amide bonds. The molecule has 2 aromatic rings. The summed E-state index contributed by atoms with van der Waals surface area (Å²) in [5.74, 6) is -0.665. The molecule has 1 aromatic carbocycles.